The number of rotatable bonds is 20. The van der Waals surface area contributed by atoms with Crippen LogP contribution in [0, 0.1) is 0 Å². The number of carboxylic acid groups (broad SMARTS) is 1. The number of carboxylic acids is 1. The molecule has 0 spiro atoms. The molecule has 1 atom stereocenters. The predicted octanol–water partition coefficient (Wildman–Crippen LogP) is 3.65. The van der Waals surface area contributed by atoms with E-state index in [0.717, 1.165) is 57.6 Å². The van der Waals surface area contributed by atoms with Gasteiger partial charge in [0.05, 0.1) is 22.5 Å². The Balaban J connectivity index is 0.00000189. The number of benzene rings is 3. The molecule has 3 aromatic rings. The number of hydrogen-bond donors (Lipinski definition) is 7. The van der Waals surface area contributed by atoms with Gasteiger partial charge in [-0.1, -0.05) is 31.0 Å². The minimum Gasteiger partial charge on any atom is -0.508 e. The Hall–Kier alpha value is -3.57. The lowest BCUT2D eigenvalue weighted by Gasteiger charge is -2.14. The van der Waals surface area contributed by atoms with Gasteiger partial charge in [0.1, 0.15) is 5.75 Å². The molecule has 0 saturated carbocycles. The molecule has 3 aromatic carbocycles. The normalized spacial score (nSPS) is 12.2. The largest absolute Gasteiger partial charge is 0.508 e. The second-order valence-corrected chi connectivity index (χ2v) is 14.3. The molecule has 0 radical (unpaired) electrons. The van der Waals surface area contributed by atoms with Gasteiger partial charge in [0, 0.05) is 37.9 Å². The van der Waals surface area contributed by atoms with Crippen molar-refractivity contribution in [1.29, 1.82) is 0 Å². The highest BCUT2D eigenvalue weighted by Gasteiger charge is 2.16. The van der Waals surface area contributed by atoms with Crippen molar-refractivity contribution in [2.24, 2.45) is 5.14 Å². The Morgan fingerprint density at radius 2 is 1.52 bits per heavy atom. The summed E-state index contributed by atoms with van der Waals surface area (Å²) in [5, 5.41) is 44.9. The van der Waals surface area contributed by atoms with Crippen LogP contribution in [0.4, 0.5) is 5.69 Å². The molecule has 0 aliphatic rings. The van der Waals surface area contributed by atoms with E-state index in [1.807, 2.05) is 6.07 Å². The van der Waals surface area contributed by atoms with Crippen molar-refractivity contribution in [3.8, 4) is 5.75 Å². The number of aliphatic hydroxyl groups is 2. The second kappa shape index (κ2) is 20.7. The second-order valence-electron chi connectivity index (χ2n) is 11.1. The summed E-state index contributed by atoms with van der Waals surface area (Å²) < 4.78 is 56.6. The van der Waals surface area contributed by atoms with Gasteiger partial charge in [0.25, 0.3) is 16.0 Å². The Kier molecular flexibility index (Phi) is 17.5. The van der Waals surface area contributed by atoms with E-state index in [0.29, 0.717) is 37.3 Å². The lowest BCUT2D eigenvalue weighted by atomic mass is 10.1. The molecule has 8 N–H and O–H groups in total. The number of nitrogens with two attached hydrogens (primary N) is 1. The maximum absolute atomic E-state index is 12.8. The molecule has 0 fully saturated rings. The minimum atomic E-state index is -3.86. The monoisotopic (exact) mass is 709 g/mol. The molecule has 0 aliphatic heterocycles. The van der Waals surface area contributed by atoms with Crippen LogP contribution in [0.25, 0.3) is 0 Å². The molecule has 0 amide bonds. The van der Waals surface area contributed by atoms with Crippen LogP contribution in [0.1, 0.15) is 68.2 Å². The molecule has 48 heavy (non-hydrogen) atoms. The van der Waals surface area contributed by atoms with E-state index in [-0.39, 0.29) is 27.8 Å². The number of hydrogen-bond acceptors (Lipinski definition) is 10. The van der Waals surface area contributed by atoms with Gasteiger partial charge in [-0.05, 0) is 98.3 Å². The zero-order valence-electron chi connectivity index (χ0n) is 27.0. The SMILES string of the molecule is CC(=O)O.NS(=O)(=O)c1ccc(NS(=O)(=O)c2cccc(CCCCOCCCCCCNC[C@H](O)c3ccc(O)c(CO)c3)c2)cc1. The van der Waals surface area contributed by atoms with Crippen LogP contribution < -0.4 is 15.2 Å². The molecule has 0 aliphatic carbocycles. The highest BCUT2D eigenvalue weighted by Crippen LogP contribution is 2.22. The Bertz CT molecular complexity index is 1630. The smallest absolute Gasteiger partial charge is 0.300 e. The van der Waals surface area contributed by atoms with Crippen LogP contribution in [-0.4, -0.2) is 69.5 Å². The lowest BCUT2D eigenvalue weighted by Crippen LogP contribution is -2.22. The standard InChI is InChI=1S/C31H43N3O8S2.C2H4O2/c32-43(38,39)28-14-12-27(13-15-28)34-44(40,41)29-10-7-9-24(20-29)8-3-6-19-42-18-5-2-1-4-17-33-22-31(37)25-11-16-30(36)26(21-25)23-35;1-2(3)4/h7,9-16,20-21,31,33-37H,1-6,8,17-19,22-23H2,(H2,32,38,39);1H3,(H,3,4)/t31-;/m0./s1. The summed E-state index contributed by atoms with van der Waals surface area (Å²) in [5.74, 6) is -0.816. The van der Waals surface area contributed by atoms with E-state index in [2.05, 4.69) is 10.0 Å². The van der Waals surface area contributed by atoms with Gasteiger partial charge in [-0.2, -0.15) is 0 Å². The summed E-state index contributed by atoms with van der Waals surface area (Å²) in [4.78, 5) is 9.03. The van der Waals surface area contributed by atoms with Crippen LogP contribution in [0.3, 0.4) is 0 Å². The Labute approximate surface area is 282 Å². The first-order valence-electron chi connectivity index (χ1n) is 15.6. The van der Waals surface area contributed by atoms with Crippen molar-refractivity contribution in [2.45, 2.75) is 74.4 Å². The van der Waals surface area contributed by atoms with E-state index in [4.69, 9.17) is 19.8 Å². The predicted molar refractivity (Wildman–Crippen MR) is 182 cm³/mol. The van der Waals surface area contributed by atoms with Crippen molar-refractivity contribution in [1.82, 2.24) is 5.32 Å². The molecule has 266 valence electrons. The molecule has 15 heteroatoms. The molecule has 0 unspecified atom stereocenters. The van der Waals surface area contributed by atoms with Gasteiger partial charge >= 0.3 is 0 Å². The average Bonchev–Trinajstić information content (AvgIpc) is 3.03. The van der Waals surface area contributed by atoms with E-state index < -0.39 is 32.1 Å². The van der Waals surface area contributed by atoms with Crippen molar-refractivity contribution in [3.63, 3.8) is 0 Å². The number of aryl methyl sites for hydroxylation is 1. The summed E-state index contributed by atoms with van der Waals surface area (Å²) in [6, 6.07) is 16.7. The lowest BCUT2D eigenvalue weighted by molar-refractivity contribution is -0.134. The summed E-state index contributed by atoms with van der Waals surface area (Å²) in [6.07, 6.45) is 5.78. The number of anilines is 1. The molecule has 3 rings (SSSR count). The number of sulfonamides is 2. The maximum Gasteiger partial charge on any atom is 0.300 e. The number of carbonyl (C=O) groups is 1. The third-order valence-electron chi connectivity index (χ3n) is 7.04. The van der Waals surface area contributed by atoms with E-state index >= 15 is 0 Å². The van der Waals surface area contributed by atoms with Crippen LogP contribution in [0.15, 0.2) is 76.5 Å². The summed E-state index contributed by atoms with van der Waals surface area (Å²) in [5.41, 5.74) is 2.18. The highest BCUT2D eigenvalue weighted by atomic mass is 32.2. The third kappa shape index (κ3) is 15.6. The quantitative estimate of drug-likeness (QED) is 0.0838. The molecular weight excluding hydrogens is 663 g/mol. The number of phenols is 1. The first kappa shape index (κ1) is 40.6. The number of aliphatic hydroxyl groups excluding tert-OH is 2. The summed E-state index contributed by atoms with van der Waals surface area (Å²) in [6.45, 7) is 3.32. The first-order chi connectivity index (χ1) is 22.7. The fourth-order valence-corrected chi connectivity index (χ4v) is 6.18. The third-order valence-corrected chi connectivity index (χ3v) is 9.34. The van der Waals surface area contributed by atoms with Gasteiger partial charge in [0.2, 0.25) is 10.0 Å². The zero-order chi connectivity index (χ0) is 35.6. The van der Waals surface area contributed by atoms with Crippen molar-refractivity contribution < 1.29 is 46.8 Å². The first-order valence-corrected chi connectivity index (χ1v) is 18.6. The van der Waals surface area contributed by atoms with Gasteiger partial charge in [-0.15, -0.1) is 0 Å². The minimum absolute atomic E-state index is 0.0173. The number of nitrogens with one attached hydrogen (secondary N) is 2. The van der Waals surface area contributed by atoms with E-state index in [1.165, 1.54) is 36.4 Å². The van der Waals surface area contributed by atoms with E-state index in [9.17, 15) is 32.2 Å². The summed E-state index contributed by atoms with van der Waals surface area (Å²) >= 11 is 0. The number of ether oxygens (including phenoxy) is 1. The van der Waals surface area contributed by atoms with Gasteiger partial charge in [-0.3, -0.25) is 9.52 Å². The van der Waals surface area contributed by atoms with Gasteiger partial charge < -0.3 is 30.5 Å². The van der Waals surface area contributed by atoms with Crippen molar-refractivity contribution in [2.75, 3.05) is 31.0 Å². The Morgan fingerprint density at radius 3 is 2.17 bits per heavy atom. The number of primary sulfonamides is 1. The van der Waals surface area contributed by atoms with Crippen molar-refractivity contribution in [3.05, 3.63) is 83.4 Å². The number of unbranched alkanes of at least 4 members (excludes halogenated alkanes) is 4. The molecule has 13 nitrogen and oxygen atoms in total. The van der Waals surface area contributed by atoms with E-state index in [1.54, 1.807) is 24.3 Å². The number of aliphatic carboxylic acids is 1. The van der Waals surface area contributed by atoms with Crippen LogP contribution in [-0.2, 0) is 42.6 Å². The van der Waals surface area contributed by atoms with Crippen molar-refractivity contribution >= 4 is 31.7 Å². The molecule has 0 bridgehead atoms. The molecule has 0 heterocycles. The number of aromatic hydroxyl groups is 1. The topological polar surface area (TPSA) is 226 Å². The fraction of sp³-hybridized carbons (Fsp3) is 0.424. The van der Waals surface area contributed by atoms with Crippen LogP contribution in [0.2, 0.25) is 0 Å². The molecule has 0 aromatic heterocycles. The maximum atomic E-state index is 12.8. The van der Waals surface area contributed by atoms with Gasteiger partial charge in [0.15, 0.2) is 0 Å². The van der Waals surface area contributed by atoms with Gasteiger partial charge in [-0.25, -0.2) is 22.0 Å². The van der Waals surface area contributed by atoms with Crippen LogP contribution in [0.5, 0.6) is 5.75 Å². The van der Waals surface area contributed by atoms with Crippen LogP contribution >= 0.6 is 0 Å². The fourth-order valence-electron chi connectivity index (χ4n) is 4.53. The Morgan fingerprint density at radius 1 is 0.875 bits per heavy atom. The highest BCUT2D eigenvalue weighted by molar-refractivity contribution is 7.92. The summed E-state index contributed by atoms with van der Waals surface area (Å²) in [7, 11) is -7.71. The molecule has 0 saturated heterocycles. The molecular formula is C33H47N3O10S2. The average molecular weight is 710 g/mol. The zero-order valence-corrected chi connectivity index (χ0v) is 28.7.